The Labute approximate surface area is 89.5 Å². The van der Waals surface area contributed by atoms with E-state index in [-0.39, 0.29) is 0 Å². The number of alkyl halides is 2. The Hall–Kier alpha value is -1.30. The molecule has 1 aromatic rings. The number of ether oxygens (including phenoxy) is 1. The van der Waals surface area contributed by atoms with Crippen LogP contribution in [-0.2, 0) is 5.92 Å². The summed E-state index contributed by atoms with van der Waals surface area (Å²) >= 11 is 0. The Morgan fingerprint density at radius 3 is 2.44 bits per heavy atom. The van der Waals surface area contributed by atoms with Gasteiger partial charge in [-0.2, -0.15) is 0 Å². The average Bonchev–Trinajstić information content (AvgIpc) is 2.16. The molecule has 1 rings (SSSR count). The van der Waals surface area contributed by atoms with Crippen LogP contribution < -0.4 is 4.74 Å². The highest BCUT2D eigenvalue weighted by Gasteiger charge is 2.36. The van der Waals surface area contributed by atoms with Crippen LogP contribution in [0.4, 0.5) is 17.6 Å². The molecule has 0 saturated carbocycles. The number of aliphatic hydroxyl groups is 1. The van der Waals surface area contributed by atoms with Crippen molar-refractivity contribution in [3.63, 3.8) is 0 Å². The van der Waals surface area contributed by atoms with E-state index in [2.05, 4.69) is 4.74 Å². The van der Waals surface area contributed by atoms with Crippen LogP contribution in [0.3, 0.4) is 0 Å². The zero-order chi connectivity index (χ0) is 12.3. The number of rotatable bonds is 4. The molecule has 1 aromatic carbocycles. The van der Waals surface area contributed by atoms with E-state index in [9.17, 15) is 17.6 Å². The van der Waals surface area contributed by atoms with E-state index in [1.165, 1.54) is 0 Å². The maximum absolute atomic E-state index is 13.4. The minimum absolute atomic E-state index is 0.456. The minimum Gasteiger partial charge on any atom is -0.493 e. The molecule has 0 bridgehead atoms. The van der Waals surface area contributed by atoms with Crippen molar-refractivity contribution in [1.82, 2.24) is 0 Å². The van der Waals surface area contributed by atoms with Gasteiger partial charge in [-0.15, -0.1) is 0 Å². The van der Waals surface area contributed by atoms with Gasteiger partial charge >= 0.3 is 0 Å². The third-order valence-electron chi connectivity index (χ3n) is 2.03. The Bertz CT molecular complexity index is 379. The van der Waals surface area contributed by atoms with E-state index in [0.717, 1.165) is 7.11 Å². The van der Waals surface area contributed by atoms with Gasteiger partial charge in [0.2, 0.25) is 0 Å². The molecule has 0 amide bonds. The molecule has 0 atom stereocenters. The van der Waals surface area contributed by atoms with Crippen molar-refractivity contribution < 1.29 is 27.4 Å². The lowest BCUT2D eigenvalue weighted by Crippen LogP contribution is -2.17. The van der Waals surface area contributed by atoms with Crippen molar-refractivity contribution in [1.29, 1.82) is 0 Å². The molecule has 0 aromatic heterocycles. The van der Waals surface area contributed by atoms with Gasteiger partial charge < -0.3 is 9.84 Å². The van der Waals surface area contributed by atoms with Gasteiger partial charge in [0, 0.05) is 19.1 Å². The van der Waals surface area contributed by atoms with Gasteiger partial charge in [-0.05, 0) is 6.07 Å². The summed E-state index contributed by atoms with van der Waals surface area (Å²) in [6, 6.07) is 0.953. The molecule has 0 aliphatic carbocycles. The largest absolute Gasteiger partial charge is 0.493 e. The van der Waals surface area contributed by atoms with Gasteiger partial charge in [-0.3, -0.25) is 0 Å². The van der Waals surface area contributed by atoms with Crippen molar-refractivity contribution in [2.24, 2.45) is 0 Å². The summed E-state index contributed by atoms with van der Waals surface area (Å²) < 4.78 is 57.2. The summed E-state index contributed by atoms with van der Waals surface area (Å²) in [5, 5.41) is 8.46. The molecule has 6 heteroatoms. The summed E-state index contributed by atoms with van der Waals surface area (Å²) in [6.07, 6.45) is -0.924. The van der Waals surface area contributed by atoms with Crippen molar-refractivity contribution in [2.45, 2.75) is 12.3 Å². The third-order valence-corrected chi connectivity index (χ3v) is 2.03. The number of hydrogen-bond acceptors (Lipinski definition) is 2. The molecule has 0 spiro atoms. The van der Waals surface area contributed by atoms with E-state index in [1.54, 1.807) is 0 Å². The Balaban J connectivity index is 3.30. The van der Waals surface area contributed by atoms with E-state index < -0.39 is 41.9 Å². The summed E-state index contributed by atoms with van der Waals surface area (Å²) in [5.74, 6) is -6.57. The Morgan fingerprint density at radius 1 is 1.31 bits per heavy atom. The smallest absolute Gasteiger partial charge is 0.279 e. The van der Waals surface area contributed by atoms with Gasteiger partial charge in [0.25, 0.3) is 5.92 Å². The fourth-order valence-electron chi connectivity index (χ4n) is 1.31. The van der Waals surface area contributed by atoms with Crippen LogP contribution in [0, 0.1) is 11.6 Å². The monoisotopic (exact) mass is 238 g/mol. The van der Waals surface area contributed by atoms with E-state index in [1.807, 2.05) is 0 Å². The zero-order valence-electron chi connectivity index (χ0n) is 8.44. The molecule has 1 N–H and O–H groups in total. The first-order chi connectivity index (χ1) is 7.42. The molecule has 0 fully saturated rings. The summed E-state index contributed by atoms with van der Waals surface area (Å²) in [4.78, 5) is 0. The fourth-order valence-corrected chi connectivity index (χ4v) is 1.31. The molecule has 0 aliphatic rings. The van der Waals surface area contributed by atoms with Gasteiger partial charge in [-0.1, -0.05) is 0 Å². The molecule has 0 radical (unpaired) electrons. The van der Waals surface area contributed by atoms with Crippen LogP contribution in [-0.4, -0.2) is 18.8 Å². The summed E-state index contributed by atoms with van der Waals surface area (Å²) in [5.41, 5.74) is -0.901. The first-order valence-electron chi connectivity index (χ1n) is 4.44. The van der Waals surface area contributed by atoms with Crippen LogP contribution >= 0.6 is 0 Å². The molecule has 0 unspecified atom stereocenters. The second-order valence-corrected chi connectivity index (χ2v) is 3.15. The van der Waals surface area contributed by atoms with E-state index >= 15 is 0 Å². The lowest BCUT2D eigenvalue weighted by Gasteiger charge is -2.18. The standard InChI is InChI=1S/C10H10F4O2/c1-16-9-7(10(13,14)2-3-15)4-6(11)5-8(9)12/h4-5,15H,2-3H2,1H3. The van der Waals surface area contributed by atoms with Crippen molar-refractivity contribution >= 4 is 0 Å². The zero-order valence-corrected chi connectivity index (χ0v) is 8.44. The first-order valence-corrected chi connectivity index (χ1v) is 4.44. The second kappa shape index (κ2) is 4.69. The maximum Gasteiger partial charge on any atom is 0.279 e. The maximum atomic E-state index is 13.4. The highest BCUT2D eigenvalue weighted by molar-refractivity contribution is 5.38. The molecule has 2 nitrogen and oxygen atoms in total. The highest BCUT2D eigenvalue weighted by Crippen LogP contribution is 2.39. The lowest BCUT2D eigenvalue weighted by atomic mass is 10.0. The Morgan fingerprint density at radius 2 is 1.94 bits per heavy atom. The topological polar surface area (TPSA) is 29.5 Å². The quantitative estimate of drug-likeness (QED) is 0.816. The van der Waals surface area contributed by atoms with Crippen LogP contribution in [0.25, 0.3) is 0 Å². The number of benzene rings is 1. The van der Waals surface area contributed by atoms with Crippen LogP contribution in [0.5, 0.6) is 5.75 Å². The van der Waals surface area contributed by atoms with Crippen LogP contribution in [0.15, 0.2) is 12.1 Å². The molecule has 16 heavy (non-hydrogen) atoms. The third kappa shape index (κ3) is 2.44. The molecular formula is C10H10F4O2. The SMILES string of the molecule is COc1c(F)cc(F)cc1C(F)(F)CCO. The average molecular weight is 238 g/mol. The van der Waals surface area contributed by atoms with E-state index in [4.69, 9.17) is 5.11 Å². The van der Waals surface area contributed by atoms with Gasteiger partial charge in [0.15, 0.2) is 11.6 Å². The Kier molecular flexibility index (Phi) is 3.74. The van der Waals surface area contributed by atoms with E-state index in [0.29, 0.717) is 12.1 Å². The molecular weight excluding hydrogens is 228 g/mol. The summed E-state index contributed by atoms with van der Waals surface area (Å²) in [7, 11) is 1.01. The highest BCUT2D eigenvalue weighted by atomic mass is 19.3. The predicted molar refractivity (Wildman–Crippen MR) is 48.5 cm³/mol. The number of aliphatic hydroxyl groups excluding tert-OH is 1. The van der Waals surface area contributed by atoms with Crippen LogP contribution in [0.2, 0.25) is 0 Å². The van der Waals surface area contributed by atoms with Crippen molar-refractivity contribution in [3.05, 3.63) is 29.3 Å². The van der Waals surface area contributed by atoms with Crippen molar-refractivity contribution in [3.8, 4) is 5.75 Å². The second-order valence-electron chi connectivity index (χ2n) is 3.15. The van der Waals surface area contributed by atoms with Gasteiger partial charge in [0.1, 0.15) is 5.82 Å². The lowest BCUT2D eigenvalue weighted by molar-refractivity contribution is -0.0294. The first kappa shape index (κ1) is 12.8. The minimum atomic E-state index is -3.54. The molecule has 0 aliphatic heterocycles. The molecule has 90 valence electrons. The number of methoxy groups -OCH3 is 1. The van der Waals surface area contributed by atoms with Crippen LogP contribution in [0.1, 0.15) is 12.0 Å². The van der Waals surface area contributed by atoms with Crippen molar-refractivity contribution in [2.75, 3.05) is 13.7 Å². The van der Waals surface area contributed by atoms with Gasteiger partial charge in [-0.25, -0.2) is 17.6 Å². The molecule has 0 saturated heterocycles. The summed E-state index contributed by atoms with van der Waals surface area (Å²) in [6.45, 7) is -0.797. The normalized spacial score (nSPS) is 11.6. The number of halogens is 4. The number of hydrogen-bond donors (Lipinski definition) is 1. The fraction of sp³-hybridized carbons (Fsp3) is 0.400. The van der Waals surface area contributed by atoms with Gasteiger partial charge in [0.05, 0.1) is 12.7 Å². The predicted octanol–water partition coefficient (Wildman–Crippen LogP) is 2.45. The molecule has 0 heterocycles.